The third-order valence-electron chi connectivity index (χ3n) is 4.66. The van der Waals surface area contributed by atoms with Crippen LogP contribution in [0.25, 0.3) is 0 Å². The second-order valence-electron chi connectivity index (χ2n) is 7.19. The molecule has 148 valence electrons. The lowest BCUT2D eigenvalue weighted by molar-refractivity contribution is 0.0951. The maximum Gasteiger partial charge on any atom is 0.319 e. The van der Waals surface area contributed by atoms with Gasteiger partial charge in [-0.3, -0.25) is 4.79 Å². The summed E-state index contributed by atoms with van der Waals surface area (Å²) in [6, 6.07) is 15.1. The maximum atomic E-state index is 12.5. The van der Waals surface area contributed by atoms with Gasteiger partial charge in [0.1, 0.15) is 0 Å². The van der Waals surface area contributed by atoms with Gasteiger partial charge in [0.05, 0.1) is 6.33 Å². The summed E-state index contributed by atoms with van der Waals surface area (Å²) >= 11 is 0. The number of hydrogen-bond donors (Lipinski definition) is 3. The molecule has 1 saturated carbocycles. The van der Waals surface area contributed by atoms with Crippen LogP contribution in [0.4, 0.5) is 10.5 Å². The molecule has 1 fully saturated rings. The number of carbonyl (C=O) groups is 2. The fourth-order valence-corrected chi connectivity index (χ4v) is 3.03. The van der Waals surface area contributed by atoms with Crippen LogP contribution in [0.15, 0.2) is 67.3 Å². The first-order valence-corrected chi connectivity index (χ1v) is 9.65. The highest BCUT2D eigenvalue weighted by Gasteiger charge is 2.23. The van der Waals surface area contributed by atoms with Gasteiger partial charge in [-0.05, 0) is 42.2 Å². The molecule has 1 aromatic heterocycles. The highest BCUT2D eigenvalue weighted by molar-refractivity contribution is 5.96. The Morgan fingerprint density at radius 1 is 1.07 bits per heavy atom. The van der Waals surface area contributed by atoms with Crippen LogP contribution in [0.3, 0.4) is 0 Å². The molecule has 4 rings (SSSR count). The molecule has 1 aliphatic carbocycles. The third-order valence-corrected chi connectivity index (χ3v) is 4.66. The summed E-state index contributed by atoms with van der Waals surface area (Å²) in [7, 11) is 0. The van der Waals surface area contributed by atoms with Crippen LogP contribution >= 0.6 is 0 Å². The SMILES string of the molecule is O=C(Nc1cccc(C(=O)NCc2cccc(Cn3ccnc3)c2)c1)NC1CC1. The van der Waals surface area contributed by atoms with Crippen molar-refractivity contribution < 1.29 is 9.59 Å². The largest absolute Gasteiger partial charge is 0.348 e. The number of nitrogens with one attached hydrogen (secondary N) is 3. The van der Waals surface area contributed by atoms with Crippen LogP contribution in [0.5, 0.6) is 0 Å². The van der Waals surface area contributed by atoms with E-state index in [1.807, 2.05) is 29.0 Å². The molecule has 7 heteroatoms. The lowest BCUT2D eigenvalue weighted by atomic mass is 10.1. The Balaban J connectivity index is 1.33. The summed E-state index contributed by atoms with van der Waals surface area (Å²) in [5.74, 6) is -0.184. The van der Waals surface area contributed by atoms with Crippen molar-refractivity contribution in [2.45, 2.75) is 32.0 Å². The van der Waals surface area contributed by atoms with Gasteiger partial charge in [0.15, 0.2) is 0 Å². The molecule has 1 aliphatic rings. The van der Waals surface area contributed by atoms with Gasteiger partial charge in [0.25, 0.3) is 5.91 Å². The second kappa shape index (κ2) is 8.60. The van der Waals surface area contributed by atoms with Gasteiger partial charge in [-0.15, -0.1) is 0 Å². The number of rotatable bonds is 7. The summed E-state index contributed by atoms with van der Waals surface area (Å²) in [4.78, 5) is 28.5. The van der Waals surface area contributed by atoms with Crippen LogP contribution in [0, 0.1) is 0 Å². The zero-order chi connectivity index (χ0) is 20.1. The molecule has 0 bridgehead atoms. The van der Waals surface area contributed by atoms with E-state index in [1.165, 1.54) is 0 Å². The van der Waals surface area contributed by atoms with Gasteiger partial charge < -0.3 is 20.5 Å². The lowest BCUT2D eigenvalue weighted by Gasteiger charge is -2.10. The van der Waals surface area contributed by atoms with E-state index in [4.69, 9.17) is 0 Å². The first-order valence-electron chi connectivity index (χ1n) is 9.65. The standard InChI is InChI=1S/C22H23N5O2/c28-21(18-5-2-6-20(12-18)26-22(29)25-19-7-8-19)24-13-16-3-1-4-17(11-16)14-27-10-9-23-15-27/h1-6,9-12,15,19H,7-8,13-14H2,(H,24,28)(H2,25,26,29). The predicted octanol–water partition coefficient (Wildman–Crippen LogP) is 3.15. The fourth-order valence-electron chi connectivity index (χ4n) is 3.03. The van der Waals surface area contributed by atoms with Crippen molar-refractivity contribution in [3.8, 4) is 0 Å². The molecule has 0 radical (unpaired) electrons. The van der Waals surface area contributed by atoms with E-state index in [9.17, 15) is 9.59 Å². The number of anilines is 1. The average molecular weight is 389 g/mol. The smallest absolute Gasteiger partial charge is 0.319 e. The van der Waals surface area contributed by atoms with E-state index in [-0.39, 0.29) is 18.0 Å². The average Bonchev–Trinajstić information content (AvgIpc) is 3.38. The summed E-state index contributed by atoms with van der Waals surface area (Å²) in [5.41, 5.74) is 3.26. The Labute approximate surface area is 169 Å². The molecule has 3 N–H and O–H groups in total. The quantitative estimate of drug-likeness (QED) is 0.580. The molecule has 0 atom stereocenters. The molecule has 29 heavy (non-hydrogen) atoms. The Morgan fingerprint density at radius 3 is 2.69 bits per heavy atom. The molecule has 3 amide bonds. The molecular weight excluding hydrogens is 366 g/mol. The van der Waals surface area contributed by atoms with Gasteiger partial charge in [-0.25, -0.2) is 9.78 Å². The maximum absolute atomic E-state index is 12.5. The van der Waals surface area contributed by atoms with Gasteiger partial charge in [0, 0.05) is 42.8 Å². The first kappa shape index (κ1) is 18.7. The van der Waals surface area contributed by atoms with Crippen molar-refractivity contribution in [1.82, 2.24) is 20.2 Å². The topological polar surface area (TPSA) is 88.1 Å². The van der Waals surface area contributed by atoms with Gasteiger partial charge in [0.2, 0.25) is 0 Å². The second-order valence-corrected chi connectivity index (χ2v) is 7.19. The minimum atomic E-state index is -0.236. The van der Waals surface area contributed by atoms with Crippen molar-refractivity contribution >= 4 is 17.6 Å². The predicted molar refractivity (Wildman–Crippen MR) is 111 cm³/mol. The van der Waals surface area contributed by atoms with Crippen LogP contribution < -0.4 is 16.0 Å². The number of hydrogen-bond acceptors (Lipinski definition) is 3. The highest BCUT2D eigenvalue weighted by Crippen LogP contribution is 2.19. The van der Waals surface area contributed by atoms with E-state index in [2.05, 4.69) is 27.0 Å². The van der Waals surface area contributed by atoms with Crippen molar-refractivity contribution in [2.24, 2.45) is 0 Å². The Bertz CT molecular complexity index is 996. The lowest BCUT2D eigenvalue weighted by Crippen LogP contribution is -2.30. The van der Waals surface area contributed by atoms with Gasteiger partial charge in [-0.1, -0.05) is 30.3 Å². The van der Waals surface area contributed by atoms with E-state index in [0.29, 0.717) is 17.8 Å². The van der Waals surface area contributed by atoms with E-state index in [1.54, 1.807) is 36.8 Å². The fraction of sp³-hybridized carbons (Fsp3) is 0.227. The van der Waals surface area contributed by atoms with Crippen molar-refractivity contribution in [3.63, 3.8) is 0 Å². The first-order chi connectivity index (χ1) is 14.2. The highest BCUT2D eigenvalue weighted by atomic mass is 16.2. The minimum Gasteiger partial charge on any atom is -0.348 e. The van der Waals surface area contributed by atoms with Crippen LogP contribution in [0.2, 0.25) is 0 Å². The van der Waals surface area contributed by atoms with Crippen molar-refractivity contribution in [3.05, 3.63) is 83.9 Å². The van der Waals surface area contributed by atoms with Crippen LogP contribution in [-0.2, 0) is 13.1 Å². The third kappa shape index (κ3) is 5.44. The van der Waals surface area contributed by atoms with Crippen molar-refractivity contribution in [1.29, 1.82) is 0 Å². The number of carbonyl (C=O) groups excluding carboxylic acids is 2. The summed E-state index contributed by atoms with van der Waals surface area (Å²) in [6.07, 6.45) is 7.50. The summed E-state index contributed by atoms with van der Waals surface area (Å²) in [5, 5.41) is 8.57. The monoisotopic (exact) mass is 389 g/mol. The Morgan fingerprint density at radius 2 is 1.90 bits per heavy atom. The number of urea groups is 1. The molecule has 1 heterocycles. The zero-order valence-corrected chi connectivity index (χ0v) is 16.0. The molecule has 0 spiro atoms. The number of nitrogens with zero attached hydrogens (tertiary/aromatic N) is 2. The minimum absolute atomic E-state index is 0.184. The van der Waals surface area contributed by atoms with E-state index in [0.717, 1.165) is 30.5 Å². The summed E-state index contributed by atoms with van der Waals surface area (Å²) in [6.45, 7) is 1.16. The van der Waals surface area contributed by atoms with Gasteiger partial charge in [-0.2, -0.15) is 0 Å². The normalized spacial score (nSPS) is 13.0. The molecular formula is C22H23N5O2. The van der Waals surface area contributed by atoms with Crippen molar-refractivity contribution in [2.75, 3.05) is 5.32 Å². The molecule has 0 unspecified atom stereocenters. The Hall–Kier alpha value is -3.61. The zero-order valence-electron chi connectivity index (χ0n) is 16.0. The number of imidazole rings is 1. The molecule has 2 aromatic carbocycles. The molecule has 7 nitrogen and oxygen atoms in total. The van der Waals surface area contributed by atoms with Crippen LogP contribution in [0.1, 0.15) is 34.3 Å². The van der Waals surface area contributed by atoms with E-state index >= 15 is 0 Å². The van der Waals surface area contributed by atoms with Gasteiger partial charge >= 0.3 is 6.03 Å². The van der Waals surface area contributed by atoms with Crippen LogP contribution in [-0.4, -0.2) is 27.5 Å². The number of benzene rings is 2. The number of amides is 3. The molecule has 3 aromatic rings. The summed E-state index contributed by atoms with van der Waals surface area (Å²) < 4.78 is 2.00. The Kier molecular flexibility index (Phi) is 5.56. The molecule has 0 saturated heterocycles. The number of aromatic nitrogens is 2. The van der Waals surface area contributed by atoms with E-state index < -0.39 is 0 Å². The molecule has 0 aliphatic heterocycles.